The van der Waals surface area contributed by atoms with E-state index in [0.29, 0.717) is 44.5 Å². The smallest absolute Gasteiger partial charge is 0.369 e. The Morgan fingerprint density at radius 2 is 1.80 bits per heavy atom. The van der Waals surface area contributed by atoms with Crippen molar-refractivity contribution in [3.05, 3.63) is 29.8 Å². The van der Waals surface area contributed by atoms with Gasteiger partial charge in [0.25, 0.3) is 0 Å². The van der Waals surface area contributed by atoms with E-state index in [-0.39, 0.29) is 5.91 Å². The molecule has 0 bridgehead atoms. The first-order valence-electron chi connectivity index (χ1n) is 8.86. The molecule has 1 amide bonds. The number of piperazine rings is 1. The summed E-state index contributed by atoms with van der Waals surface area (Å²) in [7, 11) is 0. The van der Waals surface area contributed by atoms with Gasteiger partial charge in [-0.1, -0.05) is 18.9 Å². The predicted octanol–water partition coefficient (Wildman–Crippen LogP) is 2.89. The van der Waals surface area contributed by atoms with E-state index in [1.165, 1.54) is 25.0 Å². The van der Waals surface area contributed by atoms with Crippen LogP contribution >= 0.6 is 0 Å². The van der Waals surface area contributed by atoms with Crippen LogP contribution in [-0.4, -0.2) is 49.6 Å². The van der Waals surface area contributed by atoms with Crippen LogP contribution in [0.4, 0.5) is 18.9 Å². The average molecular weight is 355 g/mol. The van der Waals surface area contributed by atoms with Gasteiger partial charge in [-0.3, -0.25) is 9.69 Å². The fourth-order valence-electron chi connectivity index (χ4n) is 3.59. The Hall–Kier alpha value is -1.76. The summed E-state index contributed by atoms with van der Waals surface area (Å²) in [6, 6.07) is 5.76. The Kier molecular flexibility index (Phi) is 5.51. The second kappa shape index (κ2) is 7.64. The molecule has 1 aliphatic carbocycles. The molecule has 1 heterocycles. The zero-order chi connectivity index (χ0) is 17.9. The molecule has 7 heteroatoms. The first-order valence-corrected chi connectivity index (χ1v) is 8.86. The minimum absolute atomic E-state index is 0.0550. The van der Waals surface area contributed by atoms with Gasteiger partial charge < -0.3 is 10.2 Å². The maximum Gasteiger partial charge on any atom is 0.416 e. The van der Waals surface area contributed by atoms with Crippen molar-refractivity contribution in [3.8, 4) is 0 Å². The van der Waals surface area contributed by atoms with Crippen LogP contribution in [0, 0.1) is 0 Å². The topological polar surface area (TPSA) is 35.6 Å². The molecule has 4 nitrogen and oxygen atoms in total. The Morgan fingerprint density at radius 3 is 2.44 bits per heavy atom. The Balaban J connectivity index is 1.49. The number of benzene rings is 1. The zero-order valence-corrected chi connectivity index (χ0v) is 14.2. The molecule has 25 heavy (non-hydrogen) atoms. The van der Waals surface area contributed by atoms with Crippen LogP contribution in [0.3, 0.4) is 0 Å². The molecule has 2 fully saturated rings. The third kappa shape index (κ3) is 4.87. The van der Waals surface area contributed by atoms with Gasteiger partial charge in [0.15, 0.2) is 0 Å². The standard InChI is InChI=1S/C18H24F3N3O/c19-18(20,21)14-4-3-7-16(12-14)24-10-8-23(9-11-24)13-17(25)22-15-5-1-2-6-15/h3-4,7,12,15H,1-2,5-6,8-11,13H2,(H,22,25). The van der Waals surface area contributed by atoms with E-state index in [4.69, 9.17) is 0 Å². The highest BCUT2D eigenvalue weighted by Gasteiger charge is 2.31. The van der Waals surface area contributed by atoms with Crippen LogP contribution in [0.5, 0.6) is 0 Å². The summed E-state index contributed by atoms with van der Waals surface area (Å²) in [5.74, 6) is 0.0550. The third-order valence-electron chi connectivity index (χ3n) is 5.00. The van der Waals surface area contributed by atoms with Gasteiger partial charge in [-0.25, -0.2) is 0 Å². The molecule has 0 radical (unpaired) electrons. The van der Waals surface area contributed by atoms with Crippen molar-refractivity contribution >= 4 is 11.6 Å². The molecule has 0 unspecified atom stereocenters. The monoisotopic (exact) mass is 355 g/mol. The molecule has 2 aliphatic rings. The van der Waals surface area contributed by atoms with E-state index in [2.05, 4.69) is 10.2 Å². The molecule has 0 spiro atoms. The lowest BCUT2D eigenvalue weighted by Gasteiger charge is -2.36. The number of carbonyl (C=O) groups excluding carboxylic acids is 1. The van der Waals surface area contributed by atoms with Gasteiger partial charge in [0, 0.05) is 37.9 Å². The first kappa shape index (κ1) is 18.0. The Bertz CT molecular complexity index is 591. The van der Waals surface area contributed by atoms with Crippen LogP contribution in [0.2, 0.25) is 0 Å². The van der Waals surface area contributed by atoms with Gasteiger partial charge in [-0.2, -0.15) is 13.2 Å². The van der Waals surface area contributed by atoms with E-state index < -0.39 is 11.7 Å². The molecular weight excluding hydrogens is 331 g/mol. The second-order valence-corrected chi connectivity index (χ2v) is 6.86. The average Bonchev–Trinajstić information content (AvgIpc) is 3.08. The van der Waals surface area contributed by atoms with Crippen LogP contribution in [0.1, 0.15) is 31.2 Å². The molecule has 0 atom stereocenters. The minimum atomic E-state index is -4.32. The van der Waals surface area contributed by atoms with E-state index in [1.54, 1.807) is 6.07 Å². The van der Waals surface area contributed by atoms with Crippen LogP contribution < -0.4 is 10.2 Å². The van der Waals surface area contributed by atoms with Crippen molar-refractivity contribution in [2.24, 2.45) is 0 Å². The highest BCUT2D eigenvalue weighted by molar-refractivity contribution is 5.78. The number of rotatable bonds is 4. The fourth-order valence-corrected chi connectivity index (χ4v) is 3.59. The van der Waals surface area contributed by atoms with E-state index >= 15 is 0 Å². The first-order chi connectivity index (χ1) is 11.9. The molecule has 1 N–H and O–H groups in total. The normalized spacial score (nSPS) is 20.0. The molecule has 1 aliphatic heterocycles. The van der Waals surface area contributed by atoms with E-state index in [9.17, 15) is 18.0 Å². The summed E-state index contributed by atoms with van der Waals surface area (Å²) in [6.45, 7) is 2.96. The number of hydrogen-bond donors (Lipinski definition) is 1. The van der Waals surface area contributed by atoms with Crippen molar-refractivity contribution in [2.75, 3.05) is 37.6 Å². The number of halogens is 3. The number of hydrogen-bond acceptors (Lipinski definition) is 3. The number of carbonyl (C=O) groups is 1. The summed E-state index contributed by atoms with van der Waals surface area (Å²) in [5.41, 5.74) is -0.0340. The summed E-state index contributed by atoms with van der Waals surface area (Å²) >= 11 is 0. The molecule has 1 saturated heterocycles. The van der Waals surface area contributed by atoms with Crippen molar-refractivity contribution in [2.45, 2.75) is 37.9 Å². The number of anilines is 1. The minimum Gasteiger partial charge on any atom is -0.369 e. The number of nitrogens with zero attached hydrogens (tertiary/aromatic N) is 2. The van der Waals surface area contributed by atoms with Crippen molar-refractivity contribution in [3.63, 3.8) is 0 Å². The Morgan fingerprint density at radius 1 is 1.12 bits per heavy atom. The third-order valence-corrected chi connectivity index (χ3v) is 5.00. The van der Waals surface area contributed by atoms with Gasteiger partial charge in [0.1, 0.15) is 0 Å². The number of amides is 1. The fraction of sp³-hybridized carbons (Fsp3) is 0.611. The van der Waals surface area contributed by atoms with Crippen molar-refractivity contribution in [1.82, 2.24) is 10.2 Å². The second-order valence-electron chi connectivity index (χ2n) is 6.86. The molecule has 1 saturated carbocycles. The summed E-state index contributed by atoms with van der Waals surface area (Å²) in [4.78, 5) is 16.1. The van der Waals surface area contributed by atoms with Crippen LogP contribution in [0.25, 0.3) is 0 Å². The molecule has 1 aromatic rings. The largest absolute Gasteiger partial charge is 0.416 e. The Labute approximate surface area is 146 Å². The van der Waals surface area contributed by atoms with Gasteiger partial charge in [-0.05, 0) is 31.0 Å². The van der Waals surface area contributed by atoms with Gasteiger partial charge in [-0.15, -0.1) is 0 Å². The number of nitrogens with one attached hydrogen (secondary N) is 1. The predicted molar refractivity (Wildman–Crippen MR) is 90.5 cm³/mol. The van der Waals surface area contributed by atoms with Crippen LogP contribution in [0.15, 0.2) is 24.3 Å². The van der Waals surface area contributed by atoms with Crippen molar-refractivity contribution < 1.29 is 18.0 Å². The summed E-state index contributed by atoms with van der Waals surface area (Å²) in [6.07, 6.45) is 0.168. The lowest BCUT2D eigenvalue weighted by Crippen LogP contribution is -2.50. The summed E-state index contributed by atoms with van der Waals surface area (Å²) in [5, 5.41) is 3.07. The molecular formula is C18H24F3N3O. The van der Waals surface area contributed by atoms with E-state index in [1.807, 2.05) is 4.90 Å². The molecule has 138 valence electrons. The van der Waals surface area contributed by atoms with Crippen molar-refractivity contribution in [1.29, 1.82) is 0 Å². The lowest BCUT2D eigenvalue weighted by atomic mass is 10.1. The molecule has 3 rings (SSSR count). The molecule has 0 aromatic heterocycles. The summed E-state index contributed by atoms with van der Waals surface area (Å²) < 4.78 is 38.5. The highest BCUT2D eigenvalue weighted by atomic mass is 19.4. The zero-order valence-electron chi connectivity index (χ0n) is 14.2. The van der Waals surface area contributed by atoms with Gasteiger partial charge in [0.2, 0.25) is 5.91 Å². The molecule has 1 aromatic carbocycles. The quantitative estimate of drug-likeness (QED) is 0.902. The highest BCUT2D eigenvalue weighted by Crippen LogP contribution is 2.31. The SMILES string of the molecule is O=C(CN1CCN(c2cccc(C(F)(F)F)c2)CC1)NC1CCCC1. The maximum absolute atomic E-state index is 12.8. The van der Waals surface area contributed by atoms with Gasteiger partial charge in [0.05, 0.1) is 12.1 Å². The van der Waals surface area contributed by atoms with Gasteiger partial charge >= 0.3 is 6.18 Å². The number of alkyl halides is 3. The van der Waals surface area contributed by atoms with Crippen LogP contribution in [-0.2, 0) is 11.0 Å². The maximum atomic E-state index is 12.8. The lowest BCUT2D eigenvalue weighted by molar-refractivity contribution is -0.137. The van der Waals surface area contributed by atoms with E-state index in [0.717, 1.165) is 18.9 Å².